The van der Waals surface area contributed by atoms with Gasteiger partial charge in [0, 0.05) is 12.1 Å². The molecule has 0 aromatic heterocycles. The standard InChI is InChI=1S/C22H30N2O/c1-17(2)23-21(25)22(16-18(3)24(4)5,19-12-8-6-9-13-19)20-14-10-7-11-15-20/h6-15,17-18H,16H2,1-5H3,(H,23,25). The van der Waals surface area contributed by atoms with Crippen molar-refractivity contribution >= 4 is 5.91 Å². The first-order valence-electron chi connectivity index (χ1n) is 8.96. The third-order valence-corrected chi connectivity index (χ3v) is 4.82. The summed E-state index contributed by atoms with van der Waals surface area (Å²) in [6.45, 7) is 6.19. The van der Waals surface area contributed by atoms with E-state index < -0.39 is 5.41 Å². The van der Waals surface area contributed by atoms with E-state index in [0.717, 1.165) is 11.1 Å². The van der Waals surface area contributed by atoms with Gasteiger partial charge in [-0.2, -0.15) is 0 Å². The normalized spacial score (nSPS) is 13.1. The summed E-state index contributed by atoms with van der Waals surface area (Å²) in [5.74, 6) is 0.0635. The van der Waals surface area contributed by atoms with Crippen LogP contribution in [0.1, 0.15) is 38.3 Å². The van der Waals surface area contributed by atoms with Gasteiger partial charge >= 0.3 is 0 Å². The number of hydrogen-bond acceptors (Lipinski definition) is 2. The van der Waals surface area contributed by atoms with Crippen molar-refractivity contribution in [2.45, 2.75) is 44.7 Å². The lowest BCUT2D eigenvalue weighted by Gasteiger charge is -2.38. The average molecular weight is 338 g/mol. The van der Waals surface area contributed by atoms with Crippen LogP contribution >= 0.6 is 0 Å². The van der Waals surface area contributed by atoms with Gasteiger partial charge < -0.3 is 10.2 Å². The molecule has 0 spiro atoms. The van der Waals surface area contributed by atoms with Gasteiger partial charge in [-0.15, -0.1) is 0 Å². The highest BCUT2D eigenvalue weighted by Crippen LogP contribution is 2.38. The van der Waals surface area contributed by atoms with Gasteiger partial charge in [-0.3, -0.25) is 4.79 Å². The van der Waals surface area contributed by atoms with Crippen LogP contribution < -0.4 is 5.32 Å². The Kier molecular flexibility index (Phi) is 6.38. The molecule has 2 rings (SSSR count). The molecule has 0 fully saturated rings. The Morgan fingerprint density at radius 3 is 1.72 bits per heavy atom. The smallest absolute Gasteiger partial charge is 0.235 e. The highest BCUT2D eigenvalue weighted by molar-refractivity contribution is 5.92. The third kappa shape index (κ3) is 4.29. The molecular weight excluding hydrogens is 308 g/mol. The van der Waals surface area contributed by atoms with Crippen LogP contribution in [0.4, 0.5) is 0 Å². The Balaban J connectivity index is 2.66. The second-order valence-corrected chi connectivity index (χ2v) is 7.28. The molecule has 0 aliphatic carbocycles. The van der Waals surface area contributed by atoms with Gasteiger partial charge in [0.1, 0.15) is 5.41 Å². The molecule has 1 N–H and O–H groups in total. The second kappa shape index (κ2) is 8.30. The monoisotopic (exact) mass is 338 g/mol. The van der Waals surface area contributed by atoms with E-state index in [0.29, 0.717) is 6.42 Å². The Hall–Kier alpha value is -2.13. The lowest BCUT2D eigenvalue weighted by molar-refractivity contribution is -0.126. The van der Waals surface area contributed by atoms with E-state index in [9.17, 15) is 4.79 Å². The van der Waals surface area contributed by atoms with Crippen molar-refractivity contribution in [2.75, 3.05) is 14.1 Å². The van der Waals surface area contributed by atoms with Crippen molar-refractivity contribution < 1.29 is 4.79 Å². The van der Waals surface area contributed by atoms with E-state index >= 15 is 0 Å². The SMILES string of the molecule is CC(C)NC(=O)C(CC(C)N(C)C)(c1ccccc1)c1ccccc1. The summed E-state index contributed by atoms with van der Waals surface area (Å²) in [7, 11) is 4.12. The van der Waals surface area contributed by atoms with Crippen LogP contribution in [0.3, 0.4) is 0 Å². The molecule has 1 amide bonds. The largest absolute Gasteiger partial charge is 0.353 e. The van der Waals surface area contributed by atoms with Crippen LogP contribution in [0, 0.1) is 0 Å². The molecule has 1 unspecified atom stereocenters. The molecule has 3 heteroatoms. The fourth-order valence-electron chi connectivity index (χ4n) is 3.21. The Morgan fingerprint density at radius 1 is 0.920 bits per heavy atom. The predicted molar refractivity (Wildman–Crippen MR) is 105 cm³/mol. The molecule has 0 saturated carbocycles. The minimum atomic E-state index is -0.712. The highest BCUT2D eigenvalue weighted by Gasteiger charge is 2.43. The summed E-state index contributed by atoms with van der Waals surface area (Å²) in [4.78, 5) is 15.7. The zero-order valence-electron chi connectivity index (χ0n) is 16.0. The van der Waals surface area contributed by atoms with Gasteiger partial charge in [0.05, 0.1) is 0 Å². The molecule has 3 nitrogen and oxygen atoms in total. The van der Waals surface area contributed by atoms with E-state index in [1.807, 2.05) is 50.2 Å². The summed E-state index contributed by atoms with van der Waals surface area (Å²) >= 11 is 0. The fraction of sp³-hybridized carbons (Fsp3) is 0.409. The van der Waals surface area contributed by atoms with Gasteiger partial charge in [-0.1, -0.05) is 60.7 Å². The molecule has 134 valence electrons. The van der Waals surface area contributed by atoms with Crippen molar-refractivity contribution in [3.8, 4) is 0 Å². The third-order valence-electron chi connectivity index (χ3n) is 4.82. The number of hydrogen-bond donors (Lipinski definition) is 1. The lowest BCUT2D eigenvalue weighted by atomic mass is 9.69. The van der Waals surface area contributed by atoms with Crippen molar-refractivity contribution in [3.05, 3.63) is 71.8 Å². The zero-order valence-corrected chi connectivity index (χ0v) is 16.0. The summed E-state index contributed by atoms with van der Waals surface area (Å²) in [5.41, 5.74) is 1.36. The number of carbonyl (C=O) groups excluding carboxylic acids is 1. The number of nitrogens with zero attached hydrogens (tertiary/aromatic N) is 1. The van der Waals surface area contributed by atoms with Crippen molar-refractivity contribution in [1.29, 1.82) is 0 Å². The molecule has 2 aromatic carbocycles. The molecule has 0 saturated heterocycles. The summed E-state index contributed by atoms with van der Waals surface area (Å²) < 4.78 is 0. The molecule has 0 aliphatic rings. The van der Waals surface area contributed by atoms with Crippen LogP contribution in [-0.4, -0.2) is 37.0 Å². The summed E-state index contributed by atoms with van der Waals surface area (Å²) in [6, 6.07) is 20.6. The van der Waals surface area contributed by atoms with Crippen LogP contribution in [0.15, 0.2) is 60.7 Å². The highest BCUT2D eigenvalue weighted by atomic mass is 16.2. The van der Waals surface area contributed by atoms with Gasteiger partial charge in [0.25, 0.3) is 0 Å². The topological polar surface area (TPSA) is 32.3 Å². The van der Waals surface area contributed by atoms with Crippen LogP contribution in [0.5, 0.6) is 0 Å². The van der Waals surface area contributed by atoms with Gasteiger partial charge in [-0.05, 0) is 52.4 Å². The Bertz CT molecular complexity index is 625. The zero-order chi connectivity index (χ0) is 18.4. The van der Waals surface area contributed by atoms with Crippen LogP contribution in [0.25, 0.3) is 0 Å². The van der Waals surface area contributed by atoms with Crippen molar-refractivity contribution in [2.24, 2.45) is 0 Å². The minimum absolute atomic E-state index is 0.0635. The molecule has 25 heavy (non-hydrogen) atoms. The maximum Gasteiger partial charge on any atom is 0.235 e. The Morgan fingerprint density at radius 2 is 1.36 bits per heavy atom. The molecule has 0 aliphatic heterocycles. The molecule has 1 atom stereocenters. The first-order valence-corrected chi connectivity index (χ1v) is 8.96. The maximum atomic E-state index is 13.5. The second-order valence-electron chi connectivity index (χ2n) is 7.28. The quantitative estimate of drug-likeness (QED) is 0.832. The summed E-state index contributed by atoms with van der Waals surface area (Å²) in [5, 5.41) is 3.17. The Labute approximate surface area is 152 Å². The number of nitrogens with one attached hydrogen (secondary N) is 1. The number of amides is 1. The minimum Gasteiger partial charge on any atom is -0.353 e. The van der Waals surface area contributed by atoms with Crippen molar-refractivity contribution in [1.82, 2.24) is 10.2 Å². The van der Waals surface area contributed by atoms with E-state index in [-0.39, 0.29) is 18.0 Å². The van der Waals surface area contributed by atoms with E-state index in [2.05, 4.69) is 55.5 Å². The fourth-order valence-corrected chi connectivity index (χ4v) is 3.21. The van der Waals surface area contributed by atoms with E-state index in [4.69, 9.17) is 0 Å². The first kappa shape index (κ1) is 19.2. The van der Waals surface area contributed by atoms with Gasteiger partial charge in [0.2, 0.25) is 5.91 Å². The lowest BCUT2D eigenvalue weighted by Crippen LogP contribution is -2.50. The average Bonchev–Trinajstić information content (AvgIpc) is 2.60. The number of benzene rings is 2. The first-order chi connectivity index (χ1) is 11.9. The van der Waals surface area contributed by atoms with Crippen molar-refractivity contribution in [3.63, 3.8) is 0 Å². The molecule has 0 bridgehead atoms. The molecular formula is C22H30N2O. The molecule has 0 radical (unpaired) electrons. The predicted octanol–water partition coefficient (Wildman–Crippen LogP) is 3.84. The molecule has 2 aromatic rings. The van der Waals surface area contributed by atoms with Gasteiger partial charge in [-0.25, -0.2) is 0 Å². The number of rotatable bonds is 7. The van der Waals surface area contributed by atoms with E-state index in [1.54, 1.807) is 0 Å². The number of carbonyl (C=O) groups is 1. The van der Waals surface area contributed by atoms with Crippen LogP contribution in [0.2, 0.25) is 0 Å². The van der Waals surface area contributed by atoms with E-state index in [1.165, 1.54) is 0 Å². The summed E-state index contributed by atoms with van der Waals surface area (Å²) in [6.07, 6.45) is 0.715. The van der Waals surface area contributed by atoms with Crippen LogP contribution in [-0.2, 0) is 10.2 Å². The van der Waals surface area contributed by atoms with Gasteiger partial charge in [0.15, 0.2) is 0 Å². The molecule has 0 heterocycles. The maximum absolute atomic E-state index is 13.5.